The van der Waals surface area contributed by atoms with Gasteiger partial charge in [0.1, 0.15) is 11.1 Å². The van der Waals surface area contributed by atoms with Crippen LogP contribution in [-0.2, 0) is 19.1 Å². The summed E-state index contributed by atoms with van der Waals surface area (Å²) in [4.78, 5) is 38.9. The van der Waals surface area contributed by atoms with Crippen LogP contribution >= 0.6 is 11.3 Å². The van der Waals surface area contributed by atoms with Gasteiger partial charge in [0.2, 0.25) is 5.91 Å². The maximum absolute atomic E-state index is 12.5. The minimum atomic E-state index is -1.04. The van der Waals surface area contributed by atoms with Gasteiger partial charge in [-0.25, -0.2) is 0 Å². The zero-order valence-electron chi connectivity index (χ0n) is 16.4. The molecule has 1 saturated heterocycles. The van der Waals surface area contributed by atoms with Gasteiger partial charge in [-0.1, -0.05) is 12.1 Å². The lowest BCUT2D eigenvalue weighted by Crippen LogP contribution is -2.33. The summed E-state index contributed by atoms with van der Waals surface area (Å²) < 4.78 is 5.30. The number of thiophene rings is 1. The largest absolute Gasteiger partial charge is 0.452 e. The molecule has 1 aromatic heterocycles. The zero-order valence-corrected chi connectivity index (χ0v) is 17.2. The Morgan fingerprint density at radius 3 is 2.83 bits per heavy atom. The number of nitriles is 1. The van der Waals surface area contributed by atoms with Crippen molar-refractivity contribution < 1.29 is 19.1 Å². The lowest BCUT2D eigenvalue weighted by Gasteiger charge is -2.20. The lowest BCUT2D eigenvalue weighted by atomic mass is 10.1. The van der Waals surface area contributed by atoms with E-state index >= 15 is 0 Å². The zero-order chi connectivity index (χ0) is 21.1. The molecule has 0 saturated carbocycles. The first-order valence-electron chi connectivity index (χ1n) is 9.17. The predicted molar refractivity (Wildman–Crippen MR) is 110 cm³/mol. The smallest absolute Gasteiger partial charge is 0.312 e. The standard InChI is InChI=1S/C21H21N3O4S/c1-12-5-4-6-17(13(12)2)24-11-16(9-18(24)25)21(27)28-14(3)19(26)23-20-15(10-22)7-8-29-20/h4-8,14,16H,9,11H2,1-3H3,(H,23,26)/t14-,16+/m1/s1. The number of benzene rings is 1. The second-order valence-corrected chi connectivity index (χ2v) is 7.88. The van der Waals surface area contributed by atoms with Gasteiger partial charge in [-0.2, -0.15) is 5.26 Å². The van der Waals surface area contributed by atoms with Crippen LogP contribution in [0.5, 0.6) is 0 Å². The Bertz CT molecular complexity index is 1010. The summed E-state index contributed by atoms with van der Waals surface area (Å²) in [6.07, 6.45) is -0.995. The number of ether oxygens (including phenoxy) is 1. The summed E-state index contributed by atoms with van der Waals surface area (Å²) >= 11 is 1.22. The van der Waals surface area contributed by atoms with Crippen molar-refractivity contribution in [3.05, 3.63) is 46.3 Å². The number of hydrogen-bond acceptors (Lipinski definition) is 6. The van der Waals surface area contributed by atoms with Crippen LogP contribution in [0.25, 0.3) is 0 Å². The molecule has 0 unspecified atom stereocenters. The van der Waals surface area contributed by atoms with Crippen molar-refractivity contribution in [1.82, 2.24) is 0 Å². The Morgan fingerprint density at radius 2 is 2.10 bits per heavy atom. The van der Waals surface area contributed by atoms with Gasteiger partial charge >= 0.3 is 5.97 Å². The average Bonchev–Trinajstić information content (AvgIpc) is 3.30. The van der Waals surface area contributed by atoms with Crippen molar-refractivity contribution >= 4 is 39.8 Å². The quantitative estimate of drug-likeness (QED) is 0.762. The normalized spacial score (nSPS) is 17.0. The molecule has 1 fully saturated rings. The van der Waals surface area contributed by atoms with Gasteiger partial charge in [-0.15, -0.1) is 11.3 Å². The molecule has 2 heterocycles. The second-order valence-electron chi connectivity index (χ2n) is 6.97. The van der Waals surface area contributed by atoms with Gasteiger partial charge in [-0.3, -0.25) is 14.4 Å². The number of amides is 2. The Morgan fingerprint density at radius 1 is 1.34 bits per heavy atom. The van der Waals surface area contributed by atoms with Gasteiger partial charge in [0, 0.05) is 18.7 Å². The molecule has 1 aliphatic rings. The summed E-state index contributed by atoms with van der Waals surface area (Å²) in [6.45, 7) is 5.60. The number of anilines is 2. The topological polar surface area (TPSA) is 99.5 Å². The molecule has 0 aliphatic carbocycles. The molecular weight excluding hydrogens is 390 g/mol. The molecule has 1 aromatic carbocycles. The van der Waals surface area contributed by atoms with E-state index in [0.29, 0.717) is 10.6 Å². The predicted octanol–water partition coefficient (Wildman–Crippen LogP) is 3.16. The second kappa shape index (κ2) is 8.45. The van der Waals surface area contributed by atoms with Gasteiger partial charge in [-0.05, 0) is 49.4 Å². The molecule has 0 spiro atoms. The third-order valence-electron chi connectivity index (χ3n) is 5.01. The molecule has 1 aliphatic heterocycles. The first kappa shape index (κ1) is 20.6. The van der Waals surface area contributed by atoms with Crippen molar-refractivity contribution in [2.45, 2.75) is 33.3 Å². The monoisotopic (exact) mass is 411 g/mol. The average molecular weight is 411 g/mol. The van der Waals surface area contributed by atoms with E-state index < -0.39 is 23.9 Å². The van der Waals surface area contributed by atoms with E-state index in [9.17, 15) is 14.4 Å². The van der Waals surface area contributed by atoms with Crippen molar-refractivity contribution in [1.29, 1.82) is 5.26 Å². The third kappa shape index (κ3) is 4.30. The molecule has 2 aromatic rings. The van der Waals surface area contributed by atoms with Gasteiger partial charge < -0.3 is 15.0 Å². The lowest BCUT2D eigenvalue weighted by molar-refractivity contribution is -0.157. The number of aryl methyl sites for hydroxylation is 1. The highest BCUT2D eigenvalue weighted by molar-refractivity contribution is 7.14. The van der Waals surface area contributed by atoms with Crippen LogP contribution in [0.3, 0.4) is 0 Å². The maximum atomic E-state index is 12.5. The number of hydrogen-bond donors (Lipinski definition) is 1. The summed E-state index contributed by atoms with van der Waals surface area (Å²) in [7, 11) is 0. The van der Waals surface area contributed by atoms with Gasteiger partial charge in [0.25, 0.3) is 5.91 Å². The molecule has 1 N–H and O–H groups in total. The number of carbonyl (C=O) groups is 3. The molecule has 8 heteroatoms. The minimum absolute atomic E-state index is 0.0457. The Labute approximate surface area is 172 Å². The fourth-order valence-corrected chi connectivity index (χ4v) is 3.90. The minimum Gasteiger partial charge on any atom is -0.452 e. The summed E-state index contributed by atoms with van der Waals surface area (Å²) in [5.74, 6) is -1.88. The van der Waals surface area contributed by atoms with Crippen molar-refractivity contribution in [3.8, 4) is 6.07 Å². The first-order valence-corrected chi connectivity index (χ1v) is 10.0. The highest BCUT2D eigenvalue weighted by Crippen LogP contribution is 2.30. The molecule has 2 amide bonds. The highest BCUT2D eigenvalue weighted by atomic mass is 32.1. The van der Waals surface area contributed by atoms with Crippen LogP contribution in [0.1, 0.15) is 30.0 Å². The van der Waals surface area contributed by atoms with Gasteiger partial charge in [0.15, 0.2) is 6.10 Å². The van der Waals surface area contributed by atoms with E-state index in [2.05, 4.69) is 5.32 Å². The fraction of sp³-hybridized carbons (Fsp3) is 0.333. The van der Waals surface area contributed by atoms with Crippen molar-refractivity contribution in [2.75, 3.05) is 16.8 Å². The summed E-state index contributed by atoms with van der Waals surface area (Å²) in [5, 5.41) is 13.7. The van der Waals surface area contributed by atoms with E-state index in [0.717, 1.165) is 16.8 Å². The van der Waals surface area contributed by atoms with Crippen molar-refractivity contribution in [2.24, 2.45) is 5.92 Å². The SMILES string of the molecule is Cc1cccc(N2C[C@@H](C(=O)O[C@H](C)C(=O)Nc3sccc3C#N)CC2=O)c1C. The summed E-state index contributed by atoms with van der Waals surface area (Å²) in [6, 6.07) is 9.29. The van der Waals surface area contributed by atoms with Crippen LogP contribution in [0, 0.1) is 31.1 Å². The maximum Gasteiger partial charge on any atom is 0.312 e. The molecule has 29 heavy (non-hydrogen) atoms. The number of nitrogens with zero attached hydrogens (tertiary/aromatic N) is 2. The number of rotatable bonds is 5. The number of esters is 1. The van der Waals surface area contributed by atoms with E-state index in [1.54, 1.807) is 16.3 Å². The van der Waals surface area contributed by atoms with E-state index in [1.807, 2.05) is 38.1 Å². The molecule has 0 bridgehead atoms. The van der Waals surface area contributed by atoms with Crippen molar-refractivity contribution in [3.63, 3.8) is 0 Å². The molecule has 0 radical (unpaired) electrons. The van der Waals surface area contributed by atoms with E-state index in [4.69, 9.17) is 10.00 Å². The van der Waals surface area contributed by atoms with E-state index in [1.165, 1.54) is 18.3 Å². The number of nitrogens with one attached hydrogen (secondary N) is 1. The van der Waals surface area contributed by atoms with Crippen LogP contribution in [0.15, 0.2) is 29.6 Å². The van der Waals surface area contributed by atoms with Crippen LogP contribution in [0.2, 0.25) is 0 Å². The Kier molecular flexibility index (Phi) is 5.99. The number of carbonyl (C=O) groups excluding carboxylic acids is 3. The Hall–Kier alpha value is -3.18. The van der Waals surface area contributed by atoms with E-state index in [-0.39, 0.29) is 18.9 Å². The Balaban J connectivity index is 1.62. The fourth-order valence-electron chi connectivity index (χ4n) is 3.16. The molecule has 7 nitrogen and oxygen atoms in total. The van der Waals surface area contributed by atoms with Crippen LogP contribution < -0.4 is 10.2 Å². The van der Waals surface area contributed by atoms with Gasteiger partial charge in [0.05, 0.1) is 11.5 Å². The summed E-state index contributed by atoms with van der Waals surface area (Å²) in [5.41, 5.74) is 3.20. The van der Waals surface area contributed by atoms with Crippen LogP contribution in [-0.4, -0.2) is 30.4 Å². The molecule has 3 rings (SSSR count). The highest BCUT2D eigenvalue weighted by Gasteiger charge is 2.38. The molecule has 150 valence electrons. The molecule has 2 atom stereocenters. The van der Waals surface area contributed by atoms with Crippen LogP contribution in [0.4, 0.5) is 10.7 Å². The first-order chi connectivity index (χ1) is 13.8. The third-order valence-corrected chi connectivity index (χ3v) is 5.84. The molecular formula is C21H21N3O4S.